The van der Waals surface area contributed by atoms with Crippen LogP contribution in [-0.4, -0.2) is 10.6 Å². The second kappa shape index (κ2) is 8.48. The molecule has 3 atom stereocenters. The first-order valence-electron chi connectivity index (χ1n) is 6.65. The van der Waals surface area contributed by atoms with Gasteiger partial charge in [0.1, 0.15) is 0 Å². The Morgan fingerprint density at radius 3 is 1.94 bits per heavy atom. The second-order valence-corrected chi connectivity index (χ2v) is 7.83. The van der Waals surface area contributed by atoms with Gasteiger partial charge < -0.3 is 4.89 Å². The maximum Gasteiger partial charge on any atom is -0.0248 e. The highest BCUT2D eigenvalue weighted by Crippen LogP contribution is 2.45. The quantitative estimate of drug-likeness (QED) is 0.469. The average molecular weight is 245 g/mol. The third-order valence-electron chi connectivity index (χ3n) is 3.25. The van der Waals surface area contributed by atoms with Crippen molar-refractivity contribution in [3.05, 3.63) is 6.16 Å². The van der Waals surface area contributed by atoms with Crippen molar-refractivity contribution in [1.29, 1.82) is 0 Å². The normalized spacial score (nSPS) is 17.8. The van der Waals surface area contributed by atoms with Crippen molar-refractivity contribution in [1.82, 2.24) is 0 Å². The fourth-order valence-electron chi connectivity index (χ4n) is 2.16. The molecule has 0 fully saturated rings. The van der Waals surface area contributed by atoms with Gasteiger partial charge in [0.05, 0.1) is 0 Å². The number of hydrogen-bond donors (Lipinski definition) is 1. The predicted octanol–water partition coefficient (Wildman–Crippen LogP) is 5.04. The average Bonchev–Trinajstić information content (AvgIpc) is 2.21. The lowest BCUT2D eigenvalue weighted by Crippen LogP contribution is -2.18. The zero-order chi connectivity index (χ0) is 12.7. The van der Waals surface area contributed by atoms with Gasteiger partial charge in [0.2, 0.25) is 0 Å². The lowest BCUT2D eigenvalue weighted by Gasteiger charge is -2.34. The zero-order valence-electron chi connectivity index (χ0n) is 11.9. The van der Waals surface area contributed by atoms with E-state index in [1.54, 1.807) is 0 Å². The molecule has 0 bridgehead atoms. The van der Waals surface area contributed by atoms with Crippen molar-refractivity contribution >= 4 is 8.15 Å². The lowest BCUT2D eigenvalue weighted by atomic mass is 9.88. The van der Waals surface area contributed by atoms with Gasteiger partial charge in [-0.25, -0.2) is 0 Å². The van der Waals surface area contributed by atoms with Crippen molar-refractivity contribution in [2.24, 2.45) is 17.8 Å². The molecule has 0 aliphatic heterocycles. The summed E-state index contributed by atoms with van der Waals surface area (Å²) in [7, 11) is -0.865. The fourth-order valence-corrected chi connectivity index (χ4v) is 3.33. The van der Waals surface area contributed by atoms with E-state index in [4.69, 9.17) is 0 Å². The molecule has 2 heteroatoms. The first-order valence-corrected chi connectivity index (χ1v) is 8.08. The van der Waals surface area contributed by atoms with E-state index in [2.05, 4.69) is 34.6 Å². The summed E-state index contributed by atoms with van der Waals surface area (Å²) in [6, 6.07) is 0. The molecule has 0 radical (unpaired) electrons. The molecule has 0 aromatic carbocycles. The molecule has 98 valence electrons. The maximum absolute atomic E-state index is 9.98. The molecule has 0 rings (SSSR count). The molecule has 0 aromatic rings. The van der Waals surface area contributed by atoms with Gasteiger partial charge in [0.25, 0.3) is 0 Å². The minimum atomic E-state index is -0.865. The summed E-state index contributed by atoms with van der Waals surface area (Å²) in [4.78, 5) is 9.98. The Kier molecular flexibility index (Phi) is 8.68. The van der Waals surface area contributed by atoms with Crippen molar-refractivity contribution < 1.29 is 4.89 Å². The van der Waals surface area contributed by atoms with Crippen LogP contribution in [-0.2, 0) is 0 Å². The standard InChI is InChI=1S/C14H30OP/c1-7-16(15)13(6)14(10-12(4)5)9-8-11(2)3/h7,11-15H,8-10H2,1-6H3/q-1. The minimum absolute atomic E-state index is 0.459. The van der Waals surface area contributed by atoms with Gasteiger partial charge in [-0.15, -0.1) is 8.15 Å². The van der Waals surface area contributed by atoms with Crippen LogP contribution in [0.4, 0.5) is 0 Å². The Morgan fingerprint density at radius 2 is 1.56 bits per heavy atom. The SMILES string of the molecule is C[CH-]P(O)C(C)C(CCC(C)C)CC(C)C. The fraction of sp³-hybridized carbons (Fsp3) is 0.929. The van der Waals surface area contributed by atoms with E-state index in [1.807, 2.05) is 13.1 Å². The van der Waals surface area contributed by atoms with Crippen LogP contribution < -0.4 is 0 Å². The van der Waals surface area contributed by atoms with Gasteiger partial charge in [0.15, 0.2) is 0 Å². The van der Waals surface area contributed by atoms with Gasteiger partial charge in [-0.3, -0.25) is 6.16 Å². The highest BCUT2D eigenvalue weighted by molar-refractivity contribution is 7.54. The molecule has 0 amide bonds. The highest BCUT2D eigenvalue weighted by Gasteiger charge is 2.20. The van der Waals surface area contributed by atoms with Gasteiger partial charge in [0, 0.05) is 0 Å². The van der Waals surface area contributed by atoms with Crippen LogP contribution in [0, 0.1) is 23.9 Å². The first kappa shape index (κ1) is 16.4. The topological polar surface area (TPSA) is 20.2 Å². The Balaban J connectivity index is 4.28. The molecule has 3 unspecified atom stereocenters. The molecule has 0 spiro atoms. The molecule has 1 nitrogen and oxygen atoms in total. The highest BCUT2D eigenvalue weighted by atomic mass is 31.1. The Morgan fingerprint density at radius 1 is 1.00 bits per heavy atom. The number of hydrogen-bond acceptors (Lipinski definition) is 1. The lowest BCUT2D eigenvalue weighted by molar-refractivity contribution is 0.346. The molecule has 0 aliphatic rings. The van der Waals surface area contributed by atoms with Crippen LogP contribution in [0.1, 0.15) is 60.8 Å². The molecular formula is C14H30OP-. The predicted molar refractivity (Wildman–Crippen MR) is 75.6 cm³/mol. The summed E-state index contributed by atoms with van der Waals surface area (Å²) < 4.78 is 0. The first-order chi connectivity index (χ1) is 7.38. The summed E-state index contributed by atoms with van der Waals surface area (Å²) in [5.74, 6) is 2.20. The van der Waals surface area contributed by atoms with Crippen LogP contribution in [0.25, 0.3) is 0 Å². The monoisotopic (exact) mass is 245 g/mol. The summed E-state index contributed by atoms with van der Waals surface area (Å²) in [5, 5.41) is 0. The summed E-state index contributed by atoms with van der Waals surface area (Å²) >= 11 is 0. The molecular weight excluding hydrogens is 215 g/mol. The molecule has 0 heterocycles. The third-order valence-corrected chi connectivity index (χ3v) is 5.04. The van der Waals surface area contributed by atoms with Crippen molar-refractivity contribution in [3.63, 3.8) is 0 Å². The van der Waals surface area contributed by atoms with Crippen LogP contribution in [0.3, 0.4) is 0 Å². The molecule has 0 aromatic heterocycles. The van der Waals surface area contributed by atoms with Gasteiger partial charge >= 0.3 is 0 Å². The van der Waals surface area contributed by atoms with Crippen molar-refractivity contribution in [2.75, 3.05) is 0 Å². The van der Waals surface area contributed by atoms with E-state index in [1.165, 1.54) is 19.3 Å². The Hall–Kier alpha value is 0.390. The van der Waals surface area contributed by atoms with Gasteiger partial charge in [-0.05, 0) is 36.3 Å². The molecule has 16 heavy (non-hydrogen) atoms. The minimum Gasteiger partial charge on any atom is -0.406 e. The Bertz CT molecular complexity index is 168. The van der Waals surface area contributed by atoms with Crippen LogP contribution in [0.2, 0.25) is 0 Å². The molecule has 0 saturated heterocycles. The van der Waals surface area contributed by atoms with Gasteiger partial charge in [-0.1, -0.05) is 41.0 Å². The van der Waals surface area contributed by atoms with Crippen LogP contribution in [0.15, 0.2) is 0 Å². The van der Waals surface area contributed by atoms with E-state index in [0.717, 1.165) is 11.8 Å². The summed E-state index contributed by atoms with van der Waals surface area (Å²) in [5.41, 5.74) is 0.459. The second-order valence-electron chi connectivity index (χ2n) is 5.74. The van der Waals surface area contributed by atoms with E-state index in [-0.39, 0.29) is 0 Å². The smallest absolute Gasteiger partial charge is 0.0248 e. The van der Waals surface area contributed by atoms with Crippen LogP contribution >= 0.6 is 8.15 Å². The Labute approximate surface area is 104 Å². The van der Waals surface area contributed by atoms with Gasteiger partial charge in [-0.2, -0.15) is 6.92 Å². The van der Waals surface area contributed by atoms with E-state index in [0.29, 0.717) is 11.6 Å². The van der Waals surface area contributed by atoms with Crippen molar-refractivity contribution in [3.8, 4) is 0 Å². The molecule has 0 saturated carbocycles. The zero-order valence-corrected chi connectivity index (χ0v) is 12.8. The molecule has 1 N–H and O–H groups in total. The maximum atomic E-state index is 9.98. The summed E-state index contributed by atoms with van der Waals surface area (Å²) in [6.07, 6.45) is 5.79. The largest absolute Gasteiger partial charge is 0.406 e. The number of rotatable bonds is 8. The third kappa shape index (κ3) is 6.86. The van der Waals surface area contributed by atoms with E-state index >= 15 is 0 Å². The summed E-state index contributed by atoms with van der Waals surface area (Å²) in [6.45, 7) is 13.3. The van der Waals surface area contributed by atoms with Crippen molar-refractivity contribution in [2.45, 2.75) is 66.5 Å². The van der Waals surface area contributed by atoms with E-state index in [9.17, 15) is 4.89 Å². The van der Waals surface area contributed by atoms with E-state index < -0.39 is 8.15 Å². The van der Waals surface area contributed by atoms with Crippen LogP contribution in [0.5, 0.6) is 0 Å². The molecule has 0 aliphatic carbocycles.